The summed E-state index contributed by atoms with van der Waals surface area (Å²) in [7, 11) is 1.69. The molecule has 1 aliphatic heterocycles. The lowest BCUT2D eigenvalue weighted by atomic mass is 9.88. The minimum Gasteiger partial charge on any atom is -0.497 e. The molecule has 2 aromatic rings. The number of benzene rings is 2. The van der Waals surface area contributed by atoms with Crippen LogP contribution in [-0.2, 0) is 11.2 Å². The summed E-state index contributed by atoms with van der Waals surface area (Å²) >= 11 is 0. The van der Waals surface area contributed by atoms with Gasteiger partial charge in [-0.3, -0.25) is 4.79 Å². The summed E-state index contributed by atoms with van der Waals surface area (Å²) in [6.45, 7) is 1.60. The van der Waals surface area contributed by atoms with E-state index in [-0.39, 0.29) is 17.9 Å². The van der Waals surface area contributed by atoms with Crippen LogP contribution in [0.3, 0.4) is 0 Å². The fourth-order valence-electron chi connectivity index (χ4n) is 4.66. The highest BCUT2D eigenvalue weighted by Crippen LogP contribution is 2.34. The molecule has 148 valence electrons. The maximum absolute atomic E-state index is 12.7. The van der Waals surface area contributed by atoms with Gasteiger partial charge in [-0.2, -0.15) is 0 Å². The highest BCUT2D eigenvalue weighted by atomic mass is 16.5. The number of amides is 1. The minimum absolute atomic E-state index is 0.158. The van der Waals surface area contributed by atoms with E-state index in [1.54, 1.807) is 7.11 Å². The van der Waals surface area contributed by atoms with Gasteiger partial charge in [0.1, 0.15) is 5.75 Å². The molecule has 1 fully saturated rings. The fraction of sp³-hybridized carbons (Fsp3) is 0.458. The number of rotatable bonds is 5. The van der Waals surface area contributed by atoms with Gasteiger partial charge in [0.2, 0.25) is 5.91 Å². The van der Waals surface area contributed by atoms with E-state index >= 15 is 0 Å². The van der Waals surface area contributed by atoms with Crippen LogP contribution in [0.5, 0.6) is 5.75 Å². The number of anilines is 1. The molecule has 2 aromatic carbocycles. The third-order valence-corrected chi connectivity index (χ3v) is 6.26. The molecule has 4 rings (SSSR count). The second kappa shape index (κ2) is 8.68. The molecule has 1 unspecified atom stereocenters. The Morgan fingerprint density at radius 1 is 1.07 bits per heavy atom. The van der Waals surface area contributed by atoms with Crippen molar-refractivity contribution in [3.63, 3.8) is 0 Å². The minimum atomic E-state index is 0.158. The summed E-state index contributed by atoms with van der Waals surface area (Å²) in [4.78, 5) is 15.2. The van der Waals surface area contributed by atoms with E-state index in [2.05, 4.69) is 46.6 Å². The van der Waals surface area contributed by atoms with E-state index in [0.29, 0.717) is 6.54 Å². The Hall–Kier alpha value is -2.49. The number of hydrogen-bond donors (Lipinski definition) is 1. The number of carbonyl (C=O) groups is 1. The molecule has 1 aliphatic carbocycles. The summed E-state index contributed by atoms with van der Waals surface area (Å²) in [5, 5.41) is 3.28. The molecule has 0 saturated heterocycles. The van der Waals surface area contributed by atoms with Crippen molar-refractivity contribution >= 4 is 11.6 Å². The Bertz CT molecular complexity index is 797. The van der Waals surface area contributed by atoms with E-state index in [4.69, 9.17) is 4.74 Å². The summed E-state index contributed by atoms with van der Waals surface area (Å²) in [5.41, 5.74) is 3.89. The molecule has 28 heavy (non-hydrogen) atoms. The average molecular weight is 379 g/mol. The predicted molar refractivity (Wildman–Crippen MR) is 113 cm³/mol. The summed E-state index contributed by atoms with van der Waals surface area (Å²) in [6, 6.07) is 17.0. The topological polar surface area (TPSA) is 41.6 Å². The predicted octanol–water partition coefficient (Wildman–Crippen LogP) is 4.50. The summed E-state index contributed by atoms with van der Waals surface area (Å²) in [6.07, 6.45) is 6.73. The van der Waals surface area contributed by atoms with Crippen LogP contribution >= 0.6 is 0 Å². The zero-order valence-electron chi connectivity index (χ0n) is 16.7. The van der Waals surface area contributed by atoms with E-state index in [1.165, 1.54) is 36.1 Å². The van der Waals surface area contributed by atoms with Crippen LogP contribution in [0.25, 0.3) is 0 Å². The molecule has 0 radical (unpaired) electrons. The summed E-state index contributed by atoms with van der Waals surface area (Å²) < 4.78 is 5.31. The second-order valence-corrected chi connectivity index (χ2v) is 7.94. The first kappa shape index (κ1) is 18.9. The van der Waals surface area contributed by atoms with Crippen molar-refractivity contribution in [2.75, 3.05) is 25.1 Å². The number of hydrogen-bond acceptors (Lipinski definition) is 3. The maximum atomic E-state index is 12.7. The Morgan fingerprint density at radius 2 is 1.82 bits per heavy atom. The van der Waals surface area contributed by atoms with Crippen LogP contribution in [0.4, 0.5) is 5.69 Å². The van der Waals surface area contributed by atoms with Crippen LogP contribution in [0, 0.1) is 5.92 Å². The van der Waals surface area contributed by atoms with Crippen LogP contribution in [0.1, 0.15) is 49.3 Å². The van der Waals surface area contributed by atoms with E-state index < -0.39 is 0 Å². The van der Waals surface area contributed by atoms with Crippen molar-refractivity contribution in [2.45, 2.75) is 44.6 Å². The largest absolute Gasteiger partial charge is 0.497 e. The van der Waals surface area contributed by atoms with Crippen LogP contribution < -0.4 is 15.0 Å². The number of carbonyl (C=O) groups excluding carboxylic acids is 1. The highest BCUT2D eigenvalue weighted by molar-refractivity contribution is 5.78. The number of ether oxygens (including phenoxy) is 1. The van der Waals surface area contributed by atoms with E-state index in [0.717, 1.165) is 31.6 Å². The van der Waals surface area contributed by atoms with Gasteiger partial charge in [-0.25, -0.2) is 0 Å². The monoisotopic (exact) mass is 378 g/mol. The smallest absolute Gasteiger partial charge is 0.223 e. The van der Waals surface area contributed by atoms with Crippen LogP contribution in [0.2, 0.25) is 0 Å². The molecule has 1 heterocycles. The third-order valence-electron chi connectivity index (χ3n) is 6.26. The normalized spacial score (nSPS) is 19.8. The Morgan fingerprint density at radius 3 is 2.57 bits per heavy atom. The highest BCUT2D eigenvalue weighted by Gasteiger charge is 2.29. The van der Waals surface area contributed by atoms with Gasteiger partial charge in [0.05, 0.1) is 13.2 Å². The first-order chi connectivity index (χ1) is 13.8. The van der Waals surface area contributed by atoms with E-state index in [1.807, 2.05) is 12.1 Å². The van der Waals surface area contributed by atoms with Crippen molar-refractivity contribution in [3.8, 4) is 5.75 Å². The van der Waals surface area contributed by atoms with Gasteiger partial charge in [0.25, 0.3) is 0 Å². The molecule has 0 aromatic heterocycles. The molecular formula is C24H30N2O2. The standard InChI is InChI=1S/C24H30N2O2/c1-28-21-13-11-20(12-14-21)26-16-15-18-7-5-6-10-22(18)23(26)17-25-24(27)19-8-3-2-4-9-19/h5-7,10-14,19,23H,2-4,8-9,15-17H2,1H3,(H,25,27). The molecule has 4 nitrogen and oxygen atoms in total. The van der Waals surface area contributed by atoms with Gasteiger partial charge >= 0.3 is 0 Å². The van der Waals surface area contributed by atoms with Gasteiger partial charge < -0.3 is 15.0 Å². The SMILES string of the molecule is COc1ccc(N2CCc3ccccc3C2CNC(=O)C2CCCCC2)cc1. The van der Waals surface area contributed by atoms with Crippen molar-refractivity contribution < 1.29 is 9.53 Å². The lowest BCUT2D eigenvalue weighted by Crippen LogP contribution is -2.43. The Labute approximate surface area is 167 Å². The molecule has 1 N–H and O–H groups in total. The van der Waals surface area contributed by atoms with Gasteiger partial charge in [0, 0.05) is 24.7 Å². The van der Waals surface area contributed by atoms with E-state index in [9.17, 15) is 4.79 Å². The Balaban J connectivity index is 1.54. The first-order valence-corrected chi connectivity index (χ1v) is 10.5. The molecule has 0 spiro atoms. The average Bonchev–Trinajstić information content (AvgIpc) is 2.77. The molecule has 4 heteroatoms. The molecule has 1 atom stereocenters. The quantitative estimate of drug-likeness (QED) is 0.833. The van der Waals surface area contributed by atoms with Crippen molar-refractivity contribution in [1.29, 1.82) is 0 Å². The number of fused-ring (bicyclic) bond motifs is 1. The Kier molecular flexibility index (Phi) is 5.84. The number of methoxy groups -OCH3 is 1. The second-order valence-electron chi connectivity index (χ2n) is 7.94. The van der Waals surface area contributed by atoms with Crippen LogP contribution in [0.15, 0.2) is 48.5 Å². The molecule has 1 saturated carbocycles. The van der Waals surface area contributed by atoms with Crippen molar-refractivity contribution in [3.05, 3.63) is 59.7 Å². The lowest BCUT2D eigenvalue weighted by Gasteiger charge is -2.39. The maximum Gasteiger partial charge on any atom is 0.223 e. The first-order valence-electron chi connectivity index (χ1n) is 10.5. The van der Waals surface area contributed by atoms with Crippen LogP contribution in [-0.4, -0.2) is 26.1 Å². The molecule has 1 amide bonds. The van der Waals surface area contributed by atoms with Crippen molar-refractivity contribution in [1.82, 2.24) is 5.32 Å². The van der Waals surface area contributed by atoms with Gasteiger partial charge in [-0.05, 0) is 54.7 Å². The van der Waals surface area contributed by atoms with Crippen molar-refractivity contribution in [2.24, 2.45) is 5.92 Å². The van der Waals surface area contributed by atoms with Gasteiger partial charge in [0.15, 0.2) is 0 Å². The molecular weight excluding hydrogens is 348 g/mol. The summed E-state index contributed by atoms with van der Waals surface area (Å²) in [5.74, 6) is 1.29. The fourth-order valence-corrected chi connectivity index (χ4v) is 4.66. The number of nitrogens with zero attached hydrogens (tertiary/aromatic N) is 1. The zero-order chi connectivity index (χ0) is 19.3. The van der Waals surface area contributed by atoms with Gasteiger partial charge in [-0.1, -0.05) is 43.5 Å². The number of nitrogens with one attached hydrogen (secondary N) is 1. The van der Waals surface area contributed by atoms with Gasteiger partial charge in [-0.15, -0.1) is 0 Å². The molecule has 2 aliphatic rings. The molecule has 0 bridgehead atoms. The zero-order valence-corrected chi connectivity index (χ0v) is 16.7. The lowest BCUT2D eigenvalue weighted by molar-refractivity contribution is -0.126. The third kappa shape index (κ3) is 4.01.